The van der Waals surface area contributed by atoms with Crippen molar-refractivity contribution in [3.05, 3.63) is 64.7 Å². The number of aromatic nitrogens is 1. The first kappa shape index (κ1) is 19.1. The Morgan fingerprint density at radius 2 is 2.00 bits per heavy atom. The second-order valence-corrected chi connectivity index (χ2v) is 8.59. The highest BCUT2D eigenvalue weighted by Crippen LogP contribution is 2.35. The lowest BCUT2D eigenvalue weighted by molar-refractivity contribution is -0.123. The smallest absolute Gasteiger partial charge is 0.234 e. The second-order valence-electron chi connectivity index (χ2n) is 7.53. The molecule has 0 unspecified atom stereocenters. The summed E-state index contributed by atoms with van der Waals surface area (Å²) in [5, 5.41) is 4.25. The van der Waals surface area contributed by atoms with Crippen LogP contribution in [0.1, 0.15) is 41.4 Å². The van der Waals surface area contributed by atoms with Crippen molar-refractivity contribution in [2.24, 2.45) is 0 Å². The number of nitrogens with zero attached hydrogens (tertiary/aromatic N) is 2. The molecule has 1 fully saturated rings. The number of piperidine rings is 1. The van der Waals surface area contributed by atoms with E-state index in [9.17, 15) is 4.79 Å². The van der Waals surface area contributed by atoms with Crippen LogP contribution in [0.25, 0.3) is 10.2 Å². The van der Waals surface area contributed by atoms with E-state index in [4.69, 9.17) is 4.98 Å². The van der Waals surface area contributed by atoms with E-state index in [1.54, 1.807) is 11.3 Å². The van der Waals surface area contributed by atoms with E-state index >= 15 is 0 Å². The fourth-order valence-electron chi connectivity index (χ4n) is 3.96. The molecule has 1 N–H and O–H groups in total. The fourth-order valence-corrected chi connectivity index (χ4v) is 5.10. The molecule has 1 amide bonds. The number of hydrogen-bond acceptors (Lipinski definition) is 4. The van der Waals surface area contributed by atoms with Crippen molar-refractivity contribution in [2.45, 2.75) is 38.6 Å². The Labute approximate surface area is 170 Å². The van der Waals surface area contributed by atoms with E-state index < -0.39 is 0 Å². The van der Waals surface area contributed by atoms with Gasteiger partial charge in [0.15, 0.2) is 0 Å². The van der Waals surface area contributed by atoms with Crippen molar-refractivity contribution in [3.63, 3.8) is 0 Å². The van der Waals surface area contributed by atoms with Crippen LogP contribution in [-0.4, -0.2) is 35.4 Å². The standard InChI is InChI=1S/C23H27N3OS/c1-17-8-2-3-9-18(17)13-14-24-22(27)16-26-15-7-6-11-20(26)23-25-19-10-4-5-12-21(19)28-23/h2-5,8-10,12,20H,6-7,11,13-16H2,1H3,(H,24,27)/t20-/m0/s1. The zero-order valence-electron chi connectivity index (χ0n) is 16.4. The molecule has 1 aliphatic heterocycles. The number of thiazole rings is 1. The molecule has 28 heavy (non-hydrogen) atoms. The van der Waals surface area contributed by atoms with Gasteiger partial charge in [0, 0.05) is 6.54 Å². The van der Waals surface area contributed by atoms with Gasteiger partial charge >= 0.3 is 0 Å². The van der Waals surface area contributed by atoms with Crippen molar-refractivity contribution in [3.8, 4) is 0 Å². The van der Waals surface area contributed by atoms with E-state index in [0.717, 1.165) is 36.3 Å². The maximum atomic E-state index is 12.6. The SMILES string of the molecule is Cc1ccccc1CCNC(=O)CN1CCCC[C@H]1c1nc2ccccc2s1. The molecule has 1 aliphatic rings. The van der Waals surface area contributed by atoms with Crippen LogP contribution in [0.2, 0.25) is 0 Å². The molecule has 3 aromatic rings. The molecule has 0 aliphatic carbocycles. The number of rotatable bonds is 6. The number of likely N-dealkylation sites (tertiary alicyclic amines) is 1. The van der Waals surface area contributed by atoms with E-state index in [0.29, 0.717) is 13.1 Å². The highest BCUT2D eigenvalue weighted by atomic mass is 32.1. The largest absolute Gasteiger partial charge is 0.355 e. The Bertz CT molecular complexity index is 919. The molecule has 1 aromatic heterocycles. The Kier molecular flexibility index (Phi) is 6.03. The van der Waals surface area contributed by atoms with Gasteiger partial charge in [-0.3, -0.25) is 9.69 Å². The fraction of sp³-hybridized carbons (Fsp3) is 0.391. The number of para-hydroxylation sites is 1. The van der Waals surface area contributed by atoms with Crippen molar-refractivity contribution < 1.29 is 4.79 Å². The van der Waals surface area contributed by atoms with Gasteiger partial charge in [0.2, 0.25) is 5.91 Å². The lowest BCUT2D eigenvalue weighted by Gasteiger charge is -2.33. The number of amides is 1. The average Bonchev–Trinajstić information content (AvgIpc) is 3.14. The Morgan fingerprint density at radius 3 is 2.86 bits per heavy atom. The maximum absolute atomic E-state index is 12.6. The maximum Gasteiger partial charge on any atom is 0.234 e. The van der Waals surface area contributed by atoms with Crippen LogP contribution in [0.4, 0.5) is 0 Å². The van der Waals surface area contributed by atoms with Gasteiger partial charge in [-0.2, -0.15) is 0 Å². The van der Waals surface area contributed by atoms with E-state index in [-0.39, 0.29) is 11.9 Å². The predicted octanol–water partition coefficient (Wildman–Crippen LogP) is 4.49. The minimum absolute atomic E-state index is 0.113. The molecule has 2 aromatic carbocycles. The van der Waals surface area contributed by atoms with Gasteiger partial charge in [-0.05, 0) is 56.0 Å². The Morgan fingerprint density at radius 1 is 1.18 bits per heavy atom. The number of nitrogens with one attached hydrogen (secondary N) is 1. The first-order valence-corrected chi connectivity index (χ1v) is 10.9. The summed E-state index contributed by atoms with van der Waals surface area (Å²) < 4.78 is 1.23. The predicted molar refractivity (Wildman–Crippen MR) is 116 cm³/mol. The molecule has 146 valence electrons. The van der Waals surface area contributed by atoms with Crippen molar-refractivity contribution in [2.75, 3.05) is 19.6 Å². The molecule has 1 atom stereocenters. The molecule has 4 nitrogen and oxygen atoms in total. The molecule has 0 saturated carbocycles. The topological polar surface area (TPSA) is 45.2 Å². The van der Waals surface area contributed by atoms with E-state index in [1.165, 1.54) is 22.2 Å². The van der Waals surface area contributed by atoms with Crippen LogP contribution < -0.4 is 5.32 Å². The summed E-state index contributed by atoms with van der Waals surface area (Å²) in [5.41, 5.74) is 3.65. The molecule has 5 heteroatoms. The zero-order valence-corrected chi connectivity index (χ0v) is 17.2. The second kappa shape index (κ2) is 8.84. The molecule has 0 radical (unpaired) electrons. The Hall–Kier alpha value is -2.24. The summed E-state index contributed by atoms with van der Waals surface area (Å²) in [6.45, 7) is 4.22. The number of benzene rings is 2. The summed E-state index contributed by atoms with van der Waals surface area (Å²) in [7, 11) is 0. The summed E-state index contributed by atoms with van der Waals surface area (Å²) in [6, 6.07) is 16.9. The van der Waals surface area contributed by atoms with Crippen LogP contribution in [0.15, 0.2) is 48.5 Å². The minimum Gasteiger partial charge on any atom is -0.355 e. The van der Waals surface area contributed by atoms with Crippen molar-refractivity contribution >= 4 is 27.5 Å². The van der Waals surface area contributed by atoms with Gasteiger partial charge in [-0.25, -0.2) is 4.98 Å². The molecule has 0 bridgehead atoms. The number of carbonyl (C=O) groups is 1. The summed E-state index contributed by atoms with van der Waals surface area (Å²) in [5.74, 6) is 0.113. The third kappa shape index (κ3) is 4.42. The molecule has 2 heterocycles. The molecule has 4 rings (SSSR count). The van der Waals surface area contributed by atoms with Crippen LogP contribution in [-0.2, 0) is 11.2 Å². The highest BCUT2D eigenvalue weighted by molar-refractivity contribution is 7.18. The molecule has 0 spiro atoms. The first-order valence-electron chi connectivity index (χ1n) is 10.1. The van der Waals surface area contributed by atoms with Crippen LogP contribution in [0.3, 0.4) is 0 Å². The number of fused-ring (bicyclic) bond motifs is 1. The van der Waals surface area contributed by atoms with E-state index in [1.807, 2.05) is 6.07 Å². The van der Waals surface area contributed by atoms with E-state index in [2.05, 4.69) is 59.6 Å². The minimum atomic E-state index is 0.113. The lowest BCUT2D eigenvalue weighted by atomic mass is 10.0. The lowest BCUT2D eigenvalue weighted by Crippen LogP contribution is -2.42. The number of hydrogen-bond donors (Lipinski definition) is 1. The highest BCUT2D eigenvalue weighted by Gasteiger charge is 2.28. The van der Waals surface area contributed by atoms with Crippen LogP contribution in [0, 0.1) is 6.92 Å². The van der Waals surface area contributed by atoms with Gasteiger partial charge in [0.05, 0.1) is 22.8 Å². The Balaban J connectivity index is 1.36. The van der Waals surface area contributed by atoms with Gasteiger partial charge in [-0.1, -0.05) is 42.8 Å². The van der Waals surface area contributed by atoms with Crippen LogP contribution >= 0.6 is 11.3 Å². The average molecular weight is 394 g/mol. The molecule has 1 saturated heterocycles. The number of aryl methyl sites for hydroxylation is 1. The van der Waals surface area contributed by atoms with Gasteiger partial charge in [0.25, 0.3) is 0 Å². The first-order chi connectivity index (χ1) is 13.7. The normalized spacial score (nSPS) is 17.7. The summed E-state index contributed by atoms with van der Waals surface area (Å²) >= 11 is 1.77. The molecular weight excluding hydrogens is 366 g/mol. The van der Waals surface area contributed by atoms with Gasteiger partial charge in [0.1, 0.15) is 5.01 Å². The quantitative estimate of drug-likeness (QED) is 0.671. The summed E-state index contributed by atoms with van der Waals surface area (Å²) in [6.07, 6.45) is 4.31. The molecular formula is C23H27N3OS. The van der Waals surface area contributed by atoms with Crippen LogP contribution in [0.5, 0.6) is 0 Å². The third-order valence-electron chi connectivity index (χ3n) is 5.53. The zero-order chi connectivity index (χ0) is 19.3. The summed E-state index contributed by atoms with van der Waals surface area (Å²) in [4.78, 5) is 19.7. The van der Waals surface area contributed by atoms with Gasteiger partial charge < -0.3 is 5.32 Å². The van der Waals surface area contributed by atoms with Gasteiger partial charge in [-0.15, -0.1) is 11.3 Å². The number of carbonyl (C=O) groups excluding carboxylic acids is 1. The van der Waals surface area contributed by atoms with Crippen molar-refractivity contribution in [1.82, 2.24) is 15.2 Å². The third-order valence-corrected chi connectivity index (χ3v) is 6.67. The monoisotopic (exact) mass is 393 g/mol. The van der Waals surface area contributed by atoms with Crippen molar-refractivity contribution in [1.29, 1.82) is 0 Å².